The summed E-state index contributed by atoms with van der Waals surface area (Å²) in [7, 11) is 0. The van der Waals surface area contributed by atoms with Gasteiger partial charge in [-0.15, -0.1) is 0 Å². The molecule has 0 heterocycles. The summed E-state index contributed by atoms with van der Waals surface area (Å²) in [6.07, 6.45) is 5.81. The van der Waals surface area contributed by atoms with Crippen LogP contribution in [0.1, 0.15) is 22.3 Å². The van der Waals surface area contributed by atoms with Gasteiger partial charge in [-0.05, 0) is 11.6 Å². The summed E-state index contributed by atoms with van der Waals surface area (Å²) < 4.78 is 5.81. The normalized spacial score (nSPS) is 20.1. The predicted molar refractivity (Wildman–Crippen MR) is 92.4 cm³/mol. The van der Waals surface area contributed by atoms with Gasteiger partial charge in [0.1, 0.15) is 0 Å². The Morgan fingerprint density at radius 3 is 2.30 bits per heavy atom. The molecule has 0 aliphatic heterocycles. The molecule has 23 heavy (non-hydrogen) atoms. The first kappa shape index (κ1) is 15.7. The van der Waals surface area contributed by atoms with E-state index in [1.165, 1.54) is 0 Å². The number of rotatable bonds is 5. The quantitative estimate of drug-likeness (QED) is 0.577. The molecular weight excluding hydrogens is 308 g/mol. The third kappa shape index (κ3) is 3.98. The fraction of sp³-hybridized carbons (Fsp3) is 0.150. The SMILES string of the molecule is O=C(C1=CCC(Cl)(OCc2ccccc2)C=C1)c1ccccc1. The fourth-order valence-electron chi connectivity index (χ4n) is 2.41. The first-order valence-corrected chi connectivity index (χ1v) is 7.90. The Bertz CT molecular complexity index is 735. The summed E-state index contributed by atoms with van der Waals surface area (Å²) in [5.74, 6) is 0.00336. The van der Waals surface area contributed by atoms with Crippen LogP contribution >= 0.6 is 11.6 Å². The van der Waals surface area contributed by atoms with Crippen LogP contribution in [0.2, 0.25) is 0 Å². The van der Waals surface area contributed by atoms with Gasteiger partial charge in [0.2, 0.25) is 0 Å². The lowest BCUT2D eigenvalue weighted by Gasteiger charge is -2.25. The smallest absolute Gasteiger partial charge is 0.192 e. The van der Waals surface area contributed by atoms with Crippen molar-refractivity contribution in [2.45, 2.75) is 18.1 Å². The van der Waals surface area contributed by atoms with Gasteiger partial charge in [-0.3, -0.25) is 4.79 Å². The highest BCUT2D eigenvalue weighted by molar-refractivity contribution is 6.24. The van der Waals surface area contributed by atoms with Crippen molar-refractivity contribution in [1.29, 1.82) is 0 Å². The molecule has 1 unspecified atom stereocenters. The Hall–Kier alpha value is -2.16. The molecule has 0 fully saturated rings. The molecule has 1 aliphatic carbocycles. The lowest BCUT2D eigenvalue weighted by molar-refractivity contribution is 0.0417. The number of ether oxygens (including phenoxy) is 1. The number of carbonyl (C=O) groups is 1. The average Bonchev–Trinajstić information content (AvgIpc) is 2.62. The second-order valence-electron chi connectivity index (χ2n) is 5.45. The number of Topliss-reactive ketones (excluding diaryl/α,β-unsaturated/α-hetero) is 1. The zero-order valence-corrected chi connectivity index (χ0v) is 13.4. The van der Waals surface area contributed by atoms with E-state index in [1.807, 2.05) is 66.7 Å². The van der Waals surface area contributed by atoms with Crippen LogP contribution in [0.15, 0.2) is 84.5 Å². The maximum atomic E-state index is 12.4. The van der Waals surface area contributed by atoms with Crippen LogP contribution in [0.25, 0.3) is 0 Å². The minimum Gasteiger partial charge on any atom is -0.351 e. The van der Waals surface area contributed by atoms with Crippen LogP contribution in [-0.4, -0.2) is 10.8 Å². The average molecular weight is 325 g/mol. The van der Waals surface area contributed by atoms with Gasteiger partial charge in [-0.1, -0.05) is 84.4 Å². The largest absolute Gasteiger partial charge is 0.351 e. The molecular formula is C20H17ClO2. The van der Waals surface area contributed by atoms with Crippen molar-refractivity contribution in [1.82, 2.24) is 0 Å². The summed E-state index contributed by atoms with van der Waals surface area (Å²) in [5.41, 5.74) is 2.39. The van der Waals surface area contributed by atoms with Crippen LogP contribution in [0.5, 0.6) is 0 Å². The van der Waals surface area contributed by atoms with Crippen molar-refractivity contribution in [3.63, 3.8) is 0 Å². The summed E-state index contributed by atoms with van der Waals surface area (Å²) in [4.78, 5) is 12.4. The van der Waals surface area contributed by atoms with E-state index < -0.39 is 5.06 Å². The first-order chi connectivity index (χ1) is 11.2. The molecule has 0 saturated carbocycles. The van der Waals surface area contributed by atoms with E-state index in [9.17, 15) is 4.79 Å². The van der Waals surface area contributed by atoms with Crippen molar-refractivity contribution in [3.8, 4) is 0 Å². The van der Waals surface area contributed by atoms with E-state index in [4.69, 9.17) is 16.3 Å². The molecule has 0 amide bonds. The standard InChI is InChI=1S/C20H17ClO2/c21-20(23-15-16-7-3-1-4-8-16)13-11-18(12-14-20)19(22)17-9-5-2-6-10-17/h1-13H,14-15H2. The Kier molecular flexibility index (Phi) is 4.75. The lowest BCUT2D eigenvalue weighted by Crippen LogP contribution is -2.24. The van der Waals surface area contributed by atoms with Crippen molar-refractivity contribution < 1.29 is 9.53 Å². The summed E-state index contributed by atoms with van der Waals surface area (Å²) in [5, 5.41) is -0.893. The van der Waals surface area contributed by atoms with Crippen molar-refractivity contribution in [2.75, 3.05) is 0 Å². The van der Waals surface area contributed by atoms with Crippen molar-refractivity contribution >= 4 is 17.4 Å². The molecule has 3 rings (SSSR count). The van der Waals surface area contributed by atoms with Crippen LogP contribution in [0.3, 0.4) is 0 Å². The number of benzene rings is 2. The molecule has 116 valence electrons. The number of alkyl halides is 1. The second-order valence-corrected chi connectivity index (χ2v) is 6.09. The van der Waals surface area contributed by atoms with Gasteiger partial charge in [0.05, 0.1) is 6.61 Å². The second kappa shape index (κ2) is 6.95. The minimum atomic E-state index is -0.893. The van der Waals surface area contributed by atoms with Crippen molar-refractivity contribution in [2.24, 2.45) is 0 Å². The lowest BCUT2D eigenvalue weighted by atomic mass is 9.97. The van der Waals surface area contributed by atoms with Gasteiger partial charge in [0, 0.05) is 17.6 Å². The Morgan fingerprint density at radius 1 is 1.04 bits per heavy atom. The molecule has 0 spiro atoms. The third-order valence-corrected chi connectivity index (χ3v) is 4.12. The first-order valence-electron chi connectivity index (χ1n) is 7.52. The van der Waals surface area contributed by atoms with E-state index in [1.54, 1.807) is 12.2 Å². The predicted octanol–water partition coefficient (Wildman–Crippen LogP) is 4.91. The molecule has 2 nitrogen and oxygen atoms in total. The highest BCUT2D eigenvalue weighted by atomic mass is 35.5. The van der Waals surface area contributed by atoms with E-state index in [2.05, 4.69) is 0 Å². The van der Waals surface area contributed by atoms with Crippen LogP contribution in [0.4, 0.5) is 0 Å². The zero-order valence-electron chi connectivity index (χ0n) is 12.6. The van der Waals surface area contributed by atoms with Gasteiger partial charge in [-0.2, -0.15) is 0 Å². The van der Waals surface area contributed by atoms with Crippen LogP contribution in [0, 0.1) is 0 Å². The van der Waals surface area contributed by atoms with Gasteiger partial charge < -0.3 is 4.74 Å². The molecule has 1 atom stereocenters. The summed E-state index contributed by atoms with van der Waals surface area (Å²) in [6.45, 7) is 0.435. The number of carbonyl (C=O) groups excluding carboxylic acids is 1. The van der Waals surface area contributed by atoms with E-state index >= 15 is 0 Å². The molecule has 1 aliphatic rings. The molecule has 0 aromatic heterocycles. The molecule has 0 radical (unpaired) electrons. The Labute approximate surface area is 141 Å². The van der Waals surface area contributed by atoms with E-state index in [0.29, 0.717) is 24.2 Å². The highest BCUT2D eigenvalue weighted by Gasteiger charge is 2.27. The highest BCUT2D eigenvalue weighted by Crippen LogP contribution is 2.31. The number of halogens is 1. The fourth-order valence-corrected chi connectivity index (χ4v) is 2.60. The minimum absolute atomic E-state index is 0.00336. The molecule has 2 aromatic carbocycles. The molecule has 0 N–H and O–H groups in total. The van der Waals surface area contributed by atoms with E-state index in [0.717, 1.165) is 5.56 Å². The summed E-state index contributed by atoms with van der Waals surface area (Å²) in [6, 6.07) is 19.1. The number of ketones is 1. The Balaban J connectivity index is 1.63. The number of hydrogen-bond acceptors (Lipinski definition) is 2. The van der Waals surface area contributed by atoms with Gasteiger partial charge >= 0.3 is 0 Å². The Morgan fingerprint density at radius 2 is 1.70 bits per heavy atom. The molecule has 2 aromatic rings. The monoisotopic (exact) mass is 324 g/mol. The topological polar surface area (TPSA) is 26.3 Å². The molecule has 0 bridgehead atoms. The summed E-state index contributed by atoms with van der Waals surface area (Å²) >= 11 is 6.48. The van der Waals surface area contributed by atoms with Crippen molar-refractivity contribution in [3.05, 3.63) is 95.6 Å². The molecule has 0 saturated heterocycles. The maximum absolute atomic E-state index is 12.4. The van der Waals surface area contributed by atoms with E-state index in [-0.39, 0.29) is 5.78 Å². The van der Waals surface area contributed by atoms with Crippen LogP contribution in [-0.2, 0) is 11.3 Å². The van der Waals surface area contributed by atoms with Gasteiger partial charge in [-0.25, -0.2) is 0 Å². The number of hydrogen-bond donors (Lipinski definition) is 0. The van der Waals surface area contributed by atoms with Gasteiger partial charge in [0.15, 0.2) is 10.8 Å². The third-order valence-electron chi connectivity index (χ3n) is 3.73. The van der Waals surface area contributed by atoms with Crippen LogP contribution < -0.4 is 0 Å². The maximum Gasteiger partial charge on any atom is 0.192 e. The number of allylic oxidation sites excluding steroid dienone is 2. The zero-order chi connectivity index (χ0) is 16.1. The van der Waals surface area contributed by atoms with Gasteiger partial charge in [0.25, 0.3) is 0 Å². The molecule has 3 heteroatoms.